The highest BCUT2D eigenvalue weighted by atomic mass is 35.5. The summed E-state index contributed by atoms with van der Waals surface area (Å²) in [7, 11) is 0. The lowest BCUT2D eigenvalue weighted by Crippen LogP contribution is -2.25. The number of rotatable bonds is 1. The van der Waals surface area contributed by atoms with Gasteiger partial charge in [-0.3, -0.25) is 0 Å². The van der Waals surface area contributed by atoms with Crippen LogP contribution in [0.1, 0.15) is 12.0 Å². The van der Waals surface area contributed by atoms with Gasteiger partial charge >= 0.3 is 0 Å². The summed E-state index contributed by atoms with van der Waals surface area (Å²) in [6.45, 7) is 0.948. The molecule has 0 radical (unpaired) electrons. The first kappa shape index (κ1) is 11.4. The zero-order valence-electron chi connectivity index (χ0n) is 9.94. The predicted molar refractivity (Wildman–Crippen MR) is 75.4 cm³/mol. The first-order valence-corrected chi connectivity index (χ1v) is 6.40. The maximum atomic E-state index is 5.98. The molecule has 18 heavy (non-hydrogen) atoms. The van der Waals surface area contributed by atoms with Crippen molar-refractivity contribution in [1.82, 2.24) is 4.98 Å². The molecule has 1 aliphatic rings. The lowest BCUT2D eigenvalue weighted by atomic mass is 10.0. The van der Waals surface area contributed by atoms with Crippen LogP contribution in [-0.4, -0.2) is 11.5 Å². The molecule has 0 saturated heterocycles. The van der Waals surface area contributed by atoms with Crippen LogP contribution < -0.4 is 10.6 Å². The molecule has 2 N–H and O–H groups in total. The largest absolute Gasteiger partial charge is 0.399 e. The minimum Gasteiger partial charge on any atom is -0.399 e. The Labute approximate surface area is 111 Å². The van der Waals surface area contributed by atoms with Crippen molar-refractivity contribution in [1.29, 1.82) is 0 Å². The van der Waals surface area contributed by atoms with Gasteiger partial charge in [-0.15, -0.1) is 0 Å². The maximum absolute atomic E-state index is 5.98. The molecule has 3 rings (SSSR count). The number of aromatic nitrogens is 1. The average molecular weight is 260 g/mol. The lowest BCUT2D eigenvalue weighted by Gasteiger charge is -2.30. The molecule has 2 heterocycles. The molecule has 0 spiro atoms. The van der Waals surface area contributed by atoms with Crippen LogP contribution >= 0.6 is 11.6 Å². The van der Waals surface area contributed by atoms with Gasteiger partial charge in [-0.2, -0.15) is 0 Å². The fourth-order valence-electron chi connectivity index (χ4n) is 2.41. The van der Waals surface area contributed by atoms with E-state index in [9.17, 15) is 0 Å². The third-order valence-corrected chi connectivity index (χ3v) is 3.38. The van der Waals surface area contributed by atoms with Crippen LogP contribution in [0.15, 0.2) is 36.4 Å². The molecule has 1 aromatic heterocycles. The fourth-order valence-corrected chi connectivity index (χ4v) is 2.62. The van der Waals surface area contributed by atoms with Crippen LogP contribution in [0.3, 0.4) is 0 Å². The number of fused-ring (bicyclic) bond motifs is 1. The van der Waals surface area contributed by atoms with E-state index in [2.05, 4.69) is 28.1 Å². The number of anilines is 3. The Kier molecular flexibility index (Phi) is 2.84. The zero-order chi connectivity index (χ0) is 12.5. The van der Waals surface area contributed by atoms with Gasteiger partial charge in [0.25, 0.3) is 0 Å². The van der Waals surface area contributed by atoms with Crippen molar-refractivity contribution in [2.45, 2.75) is 12.8 Å². The highest BCUT2D eigenvalue weighted by molar-refractivity contribution is 6.29. The second-order valence-corrected chi connectivity index (χ2v) is 4.85. The van der Waals surface area contributed by atoms with E-state index in [0.717, 1.165) is 25.2 Å². The molecule has 0 amide bonds. The summed E-state index contributed by atoms with van der Waals surface area (Å²) in [5.41, 5.74) is 9.04. The molecule has 92 valence electrons. The topological polar surface area (TPSA) is 42.1 Å². The third kappa shape index (κ3) is 2.02. The highest BCUT2D eigenvalue weighted by Crippen LogP contribution is 2.33. The van der Waals surface area contributed by atoms with Gasteiger partial charge in [-0.1, -0.05) is 29.8 Å². The van der Waals surface area contributed by atoms with E-state index in [1.807, 2.05) is 12.1 Å². The van der Waals surface area contributed by atoms with E-state index >= 15 is 0 Å². The molecule has 2 aromatic rings. The Morgan fingerprint density at radius 3 is 2.89 bits per heavy atom. The predicted octanol–water partition coefficient (Wildman–Crippen LogP) is 3.40. The fraction of sp³-hybridized carbons (Fsp3) is 0.214. The molecular weight excluding hydrogens is 246 g/mol. The zero-order valence-corrected chi connectivity index (χ0v) is 10.7. The molecule has 0 saturated carbocycles. The van der Waals surface area contributed by atoms with Crippen LogP contribution in [0.4, 0.5) is 17.2 Å². The Morgan fingerprint density at radius 2 is 2.06 bits per heavy atom. The Balaban J connectivity index is 2.08. The van der Waals surface area contributed by atoms with Crippen LogP contribution in [0.2, 0.25) is 5.15 Å². The number of pyridine rings is 1. The summed E-state index contributed by atoms with van der Waals surface area (Å²) in [5.74, 6) is 0.826. The molecule has 0 bridgehead atoms. The van der Waals surface area contributed by atoms with Crippen molar-refractivity contribution in [3.63, 3.8) is 0 Å². The van der Waals surface area contributed by atoms with Crippen molar-refractivity contribution < 1.29 is 0 Å². The number of nitrogen functional groups attached to an aromatic ring is 1. The Bertz CT molecular complexity index is 563. The van der Waals surface area contributed by atoms with E-state index in [-0.39, 0.29) is 0 Å². The molecule has 0 atom stereocenters. The first-order valence-electron chi connectivity index (χ1n) is 6.02. The standard InChI is InChI=1S/C14H14ClN3/c15-13-8-11(16)9-14(17-13)18-7-3-5-10-4-1-2-6-12(10)18/h1-2,4,6,8-9H,3,5,7H2,(H2,16,17). The number of aryl methyl sites for hydroxylation is 1. The Hall–Kier alpha value is -1.74. The summed E-state index contributed by atoms with van der Waals surface area (Å²) < 4.78 is 0. The third-order valence-electron chi connectivity index (χ3n) is 3.19. The van der Waals surface area contributed by atoms with E-state index in [0.29, 0.717) is 10.8 Å². The summed E-state index contributed by atoms with van der Waals surface area (Å²) in [5, 5.41) is 0.438. The summed E-state index contributed by atoms with van der Waals surface area (Å²) >= 11 is 5.98. The SMILES string of the molecule is Nc1cc(Cl)nc(N2CCCc3ccccc32)c1. The Morgan fingerprint density at radius 1 is 1.22 bits per heavy atom. The van der Waals surface area contributed by atoms with Crippen LogP contribution in [-0.2, 0) is 6.42 Å². The summed E-state index contributed by atoms with van der Waals surface area (Å²) in [4.78, 5) is 6.55. The van der Waals surface area contributed by atoms with E-state index in [1.54, 1.807) is 6.07 Å². The normalized spacial score (nSPS) is 14.4. The molecule has 1 aliphatic heterocycles. The minimum atomic E-state index is 0.438. The van der Waals surface area contributed by atoms with E-state index in [1.165, 1.54) is 11.3 Å². The summed E-state index contributed by atoms with van der Waals surface area (Å²) in [6, 6.07) is 11.9. The number of nitrogens with zero attached hydrogens (tertiary/aromatic N) is 2. The first-order chi connectivity index (χ1) is 8.74. The number of hydrogen-bond acceptors (Lipinski definition) is 3. The van der Waals surface area contributed by atoms with E-state index < -0.39 is 0 Å². The van der Waals surface area contributed by atoms with Crippen molar-refractivity contribution in [2.24, 2.45) is 0 Å². The molecule has 0 aliphatic carbocycles. The number of benzene rings is 1. The van der Waals surface area contributed by atoms with Crippen molar-refractivity contribution in [3.05, 3.63) is 47.1 Å². The molecule has 0 unspecified atom stereocenters. The van der Waals surface area contributed by atoms with Gasteiger partial charge in [0.2, 0.25) is 0 Å². The lowest BCUT2D eigenvalue weighted by molar-refractivity contribution is 0.760. The quantitative estimate of drug-likeness (QED) is 0.798. The molecule has 4 heteroatoms. The van der Waals surface area contributed by atoms with E-state index in [4.69, 9.17) is 17.3 Å². The smallest absolute Gasteiger partial charge is 0.136 e. The van der Waals surface area contributed by atoms with Crippen LogP contribution in [0.25, 0.3) is 0 Å². The maximum Gasteiger partial charge on any atom is 0.136 e. The van der Waals surface area contributed by atoms with Crippen molar-refractivity contribution >= 4 is 28.8 Å². The minimum absolute atomic E-state index is 0.438. The van der Waals surface area contributed by atoms with Crippen LogP contribution in [0.5, 0.6) is 0 Å². The molecule has 1 aromatic carbocycles. The van der Waals surface area contributed by atoms with Crippen molar-refractivity contribution in [2.75, 3.05) is 17.2 Å². The summed E-state index contributed by atoms with van der Waals surface area (Å²) in [6.07, 6.45) is 2.23. The molecule has 0 fully saturated rings. The second kappa shape index (κ2) is 4.50. The highest BCUT2D eigenvalue weighted by Gasteiger charge is 2.19. The number of hydrogen-bond donors (Lipinski definition) is 1. The molecular formula is C14H14ClN3. The van der Waals surface area contributed by atoms with Gasteiger partial charge in [0.15, 0.2) is 0 Å². The molecule has 3 nitrogen and oxygen atoms in total. The van der Waals surface area contributed by atoms with Gasteiger partial charge in [0.1, 0.15) is 11.0 Å². The number of nitrogens with two attached hydrogens (primary N) is 1. The number of para-hydroxylation sites is 1. The van der Waals surface area contributed by atoms with Crippen LogP contribution in [0, 0.1) is 0 Å². The average Bonchev–Trinajstić information content (AvgIpc) is 2.37. The second-order valence-electron chi connectivity index (χ2n) is 4.47. The van der Waals surface area contributed by atoms with Crippen molar-refractivity contribution in [3.8, 4) is 0 Å². The van der Waals surface area contributed by atoms with Gasteiger partial charge in [0.05, 0.1) is 0 Å². The number of halogens is 1. The monoisotopic (exact) mass is 259 g/mol. The van der Waals surface area contributed by atoms with Gasteiger partial charge in [0, 0.05) is 24.0 Å². The van der Waals surface area contributed by atoms with Gasteiger partial charge < -0.3 is 10.6 Å². The van der Waals surface area contributed by atoms with Gasteiger partial charge in [-0.25, -0.2) is 4.98 Å². The van der Waals surface area contributed by atoms with Gasteiger partial charge in [-0.05, 0) is 30.5 Å².